The van der Waals surface area contributed by atoms with Crippen LogP contribution in [0.25, 0.3) is 0 Å². The van der Waals surface area contributed by atoms with Gasteiger partial charge in [0.1, 0.15) is 5.25 Å². The molecule has 1 N–H and O–H groups in total. The maximum Gasteiger partial charge on any atom is 0.319 e. The van der Waals surface area contributed by atoms with Gasteiger partial charge in [0, 0.05) is 17.1 Å². The average Bonchev–Trinajstić information content (AvgIpc) is 2.46. The highest BCUT2D eigenvalue weighted by molar-refractivity contribution is 7.85. The summed E-state index contributed by atoms with van der Waals surface area (Å²) in [5, 5.41) is 7.95. The van der Waals surface area contributed by atoms with Crippen LogP contribution in [0.5, 0.6) is 0 Å². The average molecular weight is 162 g/mol. The van der Waals surface area contributed by atoms with Gasteiger partial charge < -0.3 is 5.11 Å². The van der Waals surface area contributed by atoms with E-state index in [1.165, 1.54) is 6.26 Å². The summed E-state index contributed by atoms with van der Waals surface area (Å²) < 4.78 is 10.8. The highest BCUT2D eigenvalue weighted by atomic mass is 32.2. The lowest BCUT2D eigenvalue weighted by atomic mass is 10.3. The molecule has 1 fully saturated rings. The van der Waals surface area contributed by atoms with Crippen molar-refractivity contribution in [1.82, 2.24) is 0 Å². The van der Waals surface area contributed by atoms with Crippen LogP contribution in [-0.4, -0.2) is 26.8 Å². The van der Waals surface area contributed by atoms with E-state index in [9.17, 15) is 9.00 Å². The van der Waals surface area contributed by atoms with E-state index in [-0.39, 0.29) is 5.92 Å². The lowest BCUT2D eigenvalue weighted by molar-refractivity contribution is -0.136. The number of carbonyl (C=O) groups is 1. The normalized spacial score (nSPS) is 23.7. The Morgan fingerprint density at radius 3 is 2.30 bits per heavy atom. The topological polar surface area (TPSA) is 54.4 Å². The summed E-state index contributed by atoms with van der Waals surface area (Å²) in [6.07, 6.45) is 3.31. The molecule has 0 saturated heterocycles. The minimum Gasteiger partial charge on any atom is -0.480 e. The monoisotopic (exact) mass is 162 g/mol. The molecule has 3 nitrogen and oxygen atoms in total. The molecule has 0 spiro atoms. The van der Waals surface area contributed by atoms with Gasteiger partial charge in [0.25, 0.3) is 0 Å². The van der Waals surface area contributed by atoms with Gasteiger partial charge in [-0.05, 0) is 18.8 Å². The van der Waals surface area contributed by atoms with Crippen LogP contribution >= 0.6 is 0 Å². The van der Waals surface area contributed by atoms with Crippen molar-refractivity contribution in [1.29, 1.82) is 0 Å². The second kappa shape index (κ2) is 2.70. The second-order valence-corrected chi connectivity index (χ2v) is 4.10. The number of rotatable bonds is 3. The Morgan fingerprint density at radius 2 is 2.20 bits per heavy atom. The third kappa shape index (κ3) is 1.56. The summed E-state index contributed by atoms with van der Waals surface area (Å²) in [6.45, 7) is 0. The smallest absolute Gasteiger partial charge is 0.319 e. The van der Waals surface area contributed by atoms with Gasteiger partial charge in [-0.3, -0.25) is 9.00 Å². The number of carboxylic acid groups (broad SMARTS) is 1. The molecule has 4 heteroatoms. The third-order valence-corrected chi connectivity index (χ3v) is 2.95. The molecule has 1 rings (SSSR count). The molecule has 0 aliphatic heterocycles. The predicted octanol–water partition coefficient (Wildman–Crippen LogP) is 0.228. The van der Waals surface area contributed by atoms with E-state index in [0.717, 1.165) is 12.8 Å². The summed E-state index contributed by atoms with van der Waals surface area (Å²) in [6, 6.07) is 0. The molecule has 0 bridgehead atoms. The van der Waals surface area contributed by atoms with Gasteiger partial charge >= 0.3 is 5.97 Å². The van der Waals surface area contributed by atoms with Crippen LogP contribution in [-0.2, 0) is 15.6 Å². The predicted molar refractivity (Wildman–Crippen MR) is 38.2 cm³/mol. The van der Waals surface area contributed by atoms with Gasteiger partial charge in [0.15, 0.2) is 0 Å². The molecule has 2 unspecified atom stereocenters. The summed E-state index contributed by atoms with van der Waals surface area (Å²) >= 11 is 0. The molecule has 0 aromatic rings. The maximum absolute atomic E-state index is 10.8. The van der Waals surface area contributed by atoms with E-state index < -0.39 is 22.0 Å². The molecular formula is C6H10O3S. The third-order valence-electron chi connectivity index (χ3n) is 1.65. The Labute approximate surface area is 61.9 Å². The SMILES string of the molecule is CS(=O)C(C(=O)O)C1CC1. The Kier molecular flexibility index (Phi) is 2.08. The summed E-state index contributed by atoms with van der Waals surface area (Å²) in [4.78, 5) is 10.4. The van der Waals surface area contributed by atoms with Crippen molar-refractivity contribution in [2.75, 3.05) is 6.26 Å². The van der Waals surface area contributed by atoms with E-state index >= 15 is 0 Å². The molecule has 0 aromatic carbocycles. The summed E-state index contributed by atoms with van der Waals surface area (Å²) in [5.41, 5.74) is 0. The van der Waals surface area contributed by atoms with Gasteiger partial charge in [-0.1, -0.05) is 0 Å². The van der Waals surface area contributed by atoms with Gasteiger partial charge in [0.05, 0.1) is 0 Å². The fourth-order valence-electron chi connectivity index (χ4n) is 1.01. The van der Waals surface area contributed by atoms with Crippen molar-refractivity contribution in [2.24, 2.45) is 5.92 Å². The van der Waals surface area contributed by atoms with Crippen LogP contribution in [0, 0.1) is 5.92 Å². The Bertz CT molecular complexity index is 160. The molecule has 1 saturated carbocycles. The maximum atomic E-state index is 10.8. The zero-order valence-electron chi connectivity index (χ0n) is 5.74. The Morgan fingerprint density at radius 1 is 1.70 bits per heavy atom. The van der Waals surface area contributed by atoms with Crippen LogP contribution in [0.2, 0.25) is 0 Å². The number of hydrogen-bond acceptors (Lipinski definition) is 2. The Balaban J connectivity index is 2.58. The molecule has 10 heavy (non-hydrogen) atoms. The molecule has 0 heterocycles. The van der Waals surface area contributed by atoms with Crippen molar-refractivity contribution in [3.8, 4) is 0 Å². The lowest BCUT2D eigenvalue weighted by Crippen LogP contribution is -2.26. The minimum absolute atomic E-state index is 0.184. The van der Waals surface area contributed by atoms with E-state index in [2.05, 4.69) is 0 Å². The second-order valence-electron chi connectivity index (χ2n) is 2.59. The molecular weight excluding hydrogens is 152 g/mol. The van der Waals surface area contributed by atoms with Crippen molar-refractivity contribution >= 4 is 16.8 Å². The molecule has 0 aromatic heterocycles. The van der Waals surface area contributed by atoms with Crippen molar-refractivity contribution in [3.63, 3.8) is 0 Å². The lowest BCUT2D eigenvalue weighted by Gasteiger charge is -2.05. The number of hydrogen-bond donors (Lipinski definition) is 1. The quantitative estimate of drug-likeness (QED) is 0.646. The number of aliphatic carboxylic acids is 1. The van der Waals surface area contributed by atoms with Crippen LogP contribution in [0.15, 0.2) is 0 Å². The summed E-state index contributed by atoms with van der Waals surface area (Å²) in [7, 11) is -1.20. The van der Waals surface area contributed by atoms with E-state index in [0.29, 0.717) is 0 Å². The first kappa shape index (κ1) is 7.72. The highest BCUT2D eigenvalue weighted by Crippen LogP contribution is 2.34. The first-order valence-electron chi connectivity index (χ1n) is 3.18. The van der Waals surface area contributed by atoms with Crippen molar-refractivity contribution < 1.29 is 14.1 Å². The van der Waals surface area contributed by atoms with Crippen LogP contribution in [0.3, 0.4) is 0 Å². The molecule has 1 aliphatic carbocycles. The minimum atomic E-state index is -1.20. The summed E-state index contributed by atoms with van der Waals surface area (Å²) in [5.74, 6) is -0.730. The van der Waals surface area contributed by atoms with Gasteiger partial charge in [-0.15, -0.1) is 0 Å². The van der Waals surface area contributed by atoms with Gasteiger partial charge in [-0.25, -0.2) is 0 Å². The van der Waals surface area contributed by atoms with Crippen LogP contribution in [0.1, 0.15) is 12.8 Å². The zero-order valence-corrected chi connectivity index (χ0v) is 6.56. The van der Waals surface area contributed by atoms with Crippen molar-refractivity contribution in [2.45, 2.75) is 18.1 Å². The number of carboxylic acids is 1. The van der Waals surface area contributed by atoms with Gasteiger partial charge in [0.2, 0.25) is 0 Å². The fraction of sp³-hybridized carbons (Fsp3) is 0.833. The standard InChI is InChI=1S/C6H10O3S/c1-10(9)5(6(7)8)4-2-3-4/h4-5H,2-3H2,1H3,(H,7,8). The highest BCUT2D eigenvalue weighted by Gasteiger charge is 2.38. The molecule has 1 aliphatic rings. The first-order chi connectivity index (χ1) is 4.63. The van der Waals surface area contributed by atoms with E-state index in [1.54, 1.807) is 0 Å². The molecule has 2 atom stereocenters. The molecule has 58 valence electrons. The molecule has 0 radical (unpaired) electrons. The van der Waals surface area contributed by atoms with Gasteiger partial charge in [-0.2, -0.15) is 0 Å². The first-order valence-corrected chi connectivity index (χ1v) is 4.80. The zero-order chi connectivity index (χ0) is 7.72. The van der Waals surface area contributed by atoms with Crippen molar-refractivity contribution in [3.05, 3.63) is 0 Å². The van der Waals surface area contributed by atoms with E-state index in [1.807, 2.05) is 0 Å². The van der Waals surface area contributed by atoms with Crippen LogP contribution in [0.4, 0.5) is 0 Å². The fourth-order valence-corrected chi connectivity index (χ4v) is 2.11. The molecule has 0 amide bonds. The van der Waals surface area contributed by atoms with Crippen LogP contribution < -0.4 is 0 Å². The largest absolute Gasteiger partial charge is 0.480 e. The van der Waals surface area contributed by atoms with E-state index in [4.69, 9.17) is 5.11 Å². The Hall–Kier alpha value is -0.380.